The molecule has 0 bridgehead atoms. The number of furan rings is 1. The fraction of sp³-hybridized carbons (Fsp3) is 0.571. The van der Waals surface area contributed by atoms with Crippen molar-refractivity contribution < 1.29 is 9.21 Å². The molecule has 0 saturated carbocycles. The number of benzene rings is 1. The Hall–Kier alpha value is -1.81. The Balaban J connectivity index is 1.47. The molecule has 0 radical (unpaired) electrons. The Bertz CT molecular complexity index is 745. The van der Waals surface area contributed by atoms with Crippen molar-refractivity contribution in [2.45, 2.75) is 39.0 Å². The predicted octanol–water partition coefficient (Wildman–Crippen LogP) is 4.08. The highest BCUT2D eigenvalue weighted by Gasteiger charge is 2.27. The quantitative estimate of drug-likeness (QED) is 0.845. The lowest BCUT2D eigenvalue weighted by Crippen LogP contribution is -2.44. The molecule has 2 saturated heterocycles. The lowest BCUT2D eigenvalue weighted by molar-refractivity contribution is 0.0631. The number of likely N-dealkylation sites (tertiary alicyclic amines) is 2. The van der Waals surface area contributed by atoms with E-state index in [4.69, 9.17) is 4.42 Å². The second-order valence-corrected chi connectivity index (χ2v) is 7.70. The minimum Gasteiger partial charge on any atom is -0.461 e. The van der Waals surface area contributed by atoms with Gasteiger partial charge in [-0.25, -0.2) is 0 Å². The molecule has 0 N–H and O–H groups in total. The molecule has 3 heterocycles. The minimum atomic E-state index is 0.128. The van der Waals surface area contributed by atoms with Crippen LogP contribution in [0.5, 0.6) is 0 Å². The van der Waals surface area contributed by atoms with Crippen LogP contribution in [0.2, 0.25) is 0 Å². The van der Waals surface area contributed by atoms with Crippen molar-refractivity contribution in [1.29, 1.82) is 0 Å². The van der Waals surface area contributed by atoms with E-state index in [-0.39, 0.29) is 5.91 Å². The van der Waals surface area contributed by atoms with E-state index < -0.39 is 0 Å². The van der Waals surface area contributed by atoms with Crippen molar-refractivity contribution >= 4 is 16.9 Å². The van der Waals surface area contributed by atoms with Gasteiger partial charge in [0.25, 0.3) is 5.91 Å². The highest BCUT2D eigenvalue weighted by molar-refractivity contribution is 6.05. The molecule has 2 fully saturated rings. The summed E-state index contributed by atoms with van der Waals surface area (Å²) in [6.45, 7) is 7.29. The standard InChI is InChI=1S/C21H28N2O2/c1-16-13-18-8-5-9-19(20(18)25-16)21(24)23-12-6-7-17(15-23)14-22-10-3-2-4-11-22/h5,8-9,13,17H,2-4,6-7,10-12,14-15H2,1H3/t17-/m1/s1. The third-order valence-electron chi connectivity index (χ3n) is 5.67. The van der Waals surface area contributed by atoms with Crippen LogP contribution in [0.4, 0.5) is 0 Å². The fourth-order valence-corrected chi connectivity index (χ4v) is 4.44. The second-order valence-electron chi connectivity index (χ2n) is 7.70. The Kier molecular flexibility index (Phi) is 4.80. The molecule has 2 aliphatic heterocycles. The van der Waals surface area contributed by atoms with Crippen LogP contribution < -0.4 is 0 Å². The van der Waals surface area contributed by atoms with Gasteiger partial charge in [0.1, 0.15) is 11.3 Å². The van der Waals surface area contributed by atoms with Gasteiger partial charge in [0.15, 0.2) is 0 Å². The topological polar surface area (TPSA) is 36.7 Å². The molecule has 2 aromatic rings. The lowest BCUT2D eigenvalue weighted by Gasteiger charge is -2.36. The molecule has 0 spiro atoms. The van der Waals surface area contributed by atoms with Gasteiger partial charge in [-0.1, -0.05) is 18.6 Å². The Morgan fingerprint density at radius 3 is 2.84 bits per heavy atom. The number of hydrogen-bond acceptors (Lipinski definition) is 3. The summed E-state index contributed by atoms with van der Waals surface area (Å²) >= 11 is 0. The Morgan fingerprint density at radius 1 is 1.16 bits per heavy atom. The van der Waals surface area contributed by atoms with Crippen molar-refractivity contribution in [1.82, 2.24) is 9.80 Å². The molecule has 1 atom stereocenters. The molecule has 1 aromatic carbocycles. The number of nitrogens with zero attached hydrogens (tertiary/aromatic N) is 2. The fourth-order valence-electron chi connectivity index (χ4n) is 4.44. The maximum atomic E-state index is 13.1. The summed E-state index contributed by atoms with van der Waals surface area (Å²) < 4.78 is 5.80. The van der Waals surface area contributed by atoms with Crippen LogP contribution in [0.25, 0.3) is 11.0 Å². The van der Waals surface area contributed by atoms with Gasteiger partial charge in [-0.3, -0.25) is 4.79 Å². The number of carbonyl (C=O) groups is 1. The second kappa shape index (κ2) is 7.20. The first-order chi connectivity index (χ1) is 12.2. The number of aryl methyl sites for hydroxylation is 1. The number of amides is 1. The first kappa shape index (κ1) is 16.6. The van der Waals surface area contributed by atoms with Gasteiger partial charge in [0.05, 0.1) is 5.56 Å². The van der Waals surface area contributed by atoms with E-state index in [2.05, 4.69) is 4.90 Å². The van der Waals surface area contributed by atoms with Crippen LogP contribution in [-0.4, -0.2) is 48.4 Å². The summed E-state index contributed by atoms with van der Waals surface area (Å²) in [5, 5.41) is 1.02. The number of fused-ring (bicyclic) bond motifs is 1. The smallest absolute Gasteiger partial charge is 0.257 e. The largest absolute Gasteiger partial charge is 0.461 e. The molecule has 134 valence electrons. The van der Waals surface area contributed by atoms with Gasteiger partial charge in [-0.2, -0.15) is 0 Å². The average Bonchev–Trinajstić information content (AvgIpc) is 3.02. The molecule has 25 heavy (non-hydrogen) atoms. The molecule has 4 nitrogen and oxygen atoms in total. The van der Waals surface area contributed by atoms with E-state index >= 15 is 0 Å². The van der Waals surface area contributed by atoms with Gasteiger partial charge in [0.2, 0.25) is 0 Å². The number of rotatable bonds is 3. The van der Waals surface area contributed by atoms with E-state index in [1.54, 1.807) is 0 Å². The Labute approximate surface area is 149 Å². The van der Waals surface area contributed by atoms with E-state index in [0.717, 1.165) is 42.8 Å². The molecule has 1 aromatic heterocycles. The van der Waals surface area contributed by atoms with Crippen molar-refractivity contribution in [3.05, 3.63) is 35.6 Å². The van der Waals surface area contributed by atoms with Gasteiger partial charge in [-0.15, -0.1) is 0 Å². The summed E-state index contributed by atoms with van der Waals surface area (Å²) in [7, 11) is 0. The summed E-state index contributed by atoms with van der Waals surface area (Å²) in [4.78, 5) is 17.8. The highest BCUT2D eigenvalue weighted by Crippen LogP contribution is 2.26. The van der Waals surface area contributed by atoms with Crippen LogP contribution in [-0.2, 0) is 0 Å². The average molecular weight is 340 g/mol. The van der Waals surface area contributed by atoms with Crippen LogP contribution in [0.3, 0.4) is 0 Å². The SMILES string of the molecule is Cc1cc2cccc(C(=O)N3CCC[C@H](CN4CCCCC4)C3)c2o1. The predicted molar refractivity (Wildman–Crippen MR) is 99.9 cm³/mol. The van der Waals surface area contributed by atoms with Crippen molar-refractivity contribution in [3.63, 3.8) is 0 Å². The first-order valence-corrected chi connectivity index (χ1v) is 9.71. The van der Waals surface area contributed by atoms with Crippen molar-refractivity contribution in [3.8, 4) is 0 Å². The van der Waals surface area contributed by atoms with Crippen LogP contribution in [0.15, 0.2) is 28.7 Å². The van der Waals surface area contributed by atoms with Gasteiger partial charge in [-0.05, 0) is 63.7 Å². The van der Waals surface area contributed by atoms with E-state index in [9.17, 15) is 4.79 Å². The minimum absolute atomic E-state index is 0.128. The zero-order valence-electron chi connectivity index (χ0n) is 15.2. The molecule has 2 aliphatic rings. The number of piperidine rings is 2. The molecule has 0 aliphatic carbocycles. The van der Waals surface area contributed by atoms with Gasteiger partial charge in [0, 0.05) is 25.0 Å². The summed E-state index contributed by atoms with van der Waals surface area (Å²) in [6, 6.07) is 7.88. The van der Waals surface area contributed by atoms with E-state index in [0.29, 0.717) is 11.5 Å². The van der Waals surface area contributed by atoms with Crippen LogP contribution in [0.1, 0.15) is 48.2 Å². The monoisotopic (exact) mass is 340 g/mol. The normalized spacial score (nSPS) is 22.4. The van der Waals surface area contributed by atoms with Gasteiger partial charge < -0.3 is 14.2 Å². The maximum absolute atomic E-state index is 13.1. The molecule has 0 unspecified atom stereocenters. The summed E-state index contributed by atoms with van der Waals surface area (Å²) in [5.74, 6) is 1.59. The molecule has 4 rings (SSSR count). The van der Waals surface area contributed by atoms with Crippen molar-refractivity contribution in [2.24, 2.45) is 5.92 Å². The zero-order valence-corrected chi connectivity index (χ0v) is 15.2. The summed E-state index contributed by atoms with van der Waals surface area (Å²) in [5.41, 5.74) is 1.45. The Morgan fingerprint density at radius 2 is 2.00 bits per heavy atom. The first-order valence-electron chi connectivity index (χ1n) is 9.71. The molecule has 4 heteroatoms. The number of para-hydroxylation sites is 1. The molecular weight excluding hydrogens is 312 g/mol. The lowest BCUT2D eigenvalue weighted by atomic mass is 9.95. The number of hydrogen-bond donors (Lipinski definition) is 0. The van der Waals surface area contributed by atoms with Crippen LogP contribution in [0, 0.1) is 12.8 Å². The van der Waals surface area contributed by atoms with Gasteiger partial charge >= 0.3 is 0 Å². The third kappa shape index (κ3) is 3.59. The zero-order chi connectivity index (χ0) is 17.2. The maximum Gasteiger partial charge on any atom is 0.257 e. The third-order valence-corrected chi connectivity index (χ3v) is 5.67. The van der Waals surface area contributed by atoms with E-state index in [1.165, 1.54) is 38.8 Å². The van der Waals surface area contributed by atoms with Crippen LogP contribution >= 0.6 is 0 Å². The highest BCUT2D eigenvalue weighted by atomic mass is 16.3. The summed E-state index contributed by atoms with van der Waals surface area (Å²) in [6.07, 6.45) is 6.38. The molecule has 1 amide bonds. The molecular formula is C21H28N2O2. The van der Waals surface area contributed by atoms with Crippen molar-refractivity contribution in [2.75, 3.05) is 32.7 Å². The van der Waals surface area contributed by atoms with E-state index in [1.807, 2.05) is 36.1 Å². The number of carbonyl (C=O) groups excluding carboxylic acids is 1.